The van der Waals surface area contributed by atoms with Crippen LogP contribution in [-0.2, 0) is 12.8 Å². The van der Waals surface area contributed by atoms with E-state index in [-0.39, 0.29) is 0 Å². The van der Waals surface area contributed by atoms with E-state index in [4.69, 9.17) is 39.3 Å². The molecule has 0 aromatic carbocycles. The topological polar surface area (TPSA) is 26.0 Å². The van der Waals surface area contributed by atoms with Gasteiger partial charge in [0.25, 0.3) is 0 Å². The summed E-state index contributed by atoms with van der Waals surface area (Å²) >= 11 is 18.3. The molecule has 0 aliphatic heterocycles. The molecule has 2 aliphatic rings. The standard InChI is InChI=1S/C10H10Cl3NO/c11-9-5-1-2-6-7(10(6,12)13)3-4-8(5)14-15-9/h6-7H,1-4H2/t6-,7+/m0/s1. The van der Waals surface area contributed by atoms with Crippen molar-refractivity contribution in [3.63, 3.8) is 0 Å². The van der Waals surface area contributed by atoms with Crippen LogP contribution >= 0.6 is 34.8 Å². The van der Waals surface area contributed by atoms with Crippen molar-refractivity contribution in [1.29, 1.82) is 0 Å². The second-order valence-electron chi connectivity index (χ2n) is 4.35. The van der Waals surface area contributed by atoms with Crippen LogP contribution in [-0.4, -0.2) is 9.49 Å². The van der Waals surface area contributed by atoms with Crippen molar-refractivity contribution in [2.45, 2.75) is 30.0 Å². The van der Waals surface area contributed by atoms with Gasteiger partial charge in [0.1, 0.15) is 4.33 Å². The molecule has 0 bridgehead atoms. The lowest BCUT2D eigenvalue weighted by molar-refractivity contribution is 0.411. The number of aromatic nitrogens is 1. The first-order valence-corrected chi connectivity index (χ1v) is 6.25. The highest BCUT2D eigenvalue weighted by atomic mass is 35.5. The summed E-state index contributed by atoms with van der Waals surface area (Å²) in [5.74, 6) is 0.837. The SMILES string of the molecule is Clc1onc2c1CC[C@H]1[C@@H](CC2)C1(Cl)Cl. The Morgan fingerprint density at radius 2 is 1.87 bits per heavy atom. The third-order valence-electron chi connectivity index (χ3n) is 3.58. The maximum Gasteiger partial charge on any atom is 0.229 e. The molecule has 1 saturated carbocycles. The van der Waals surface area contributed by atoms with E-state index in [1.165, 1.54) is 0 Å². The predicted octanol–water partition coefficient (Wildman–Crippen LogP) is 3.63. The highest BCUT2D eigenvalue weighted by Crippen LogP contribution is 2.63. The van der Waals surface area contributed by atoms with Gasteiger partial charge in [0.15, 0.2) is 0 Å². The zero-order valence-electron chi connectivity index (χ0n) is 7.97. The first-order valence-electron chi connectivity index (χ1n) is 5.11. The number of hydrogen-bond donors (Lipinski definition) is 0. The lowest BCUT2D eigenvalue weighted by Gasteiger charge is -2.04. The van der Waals surface area contributed by atoms with Gasteiger partial charge in [0.2, 0.25) is 5.22 Å². The van der Waals surface area contributed by atoms with Crippen molar-refractivity contribution in [3.8, 4) is 0 Å². The van der Waals surface area contributed by atoms with Crippen LogP contribution in [0.3, 0.4) is 0 Å². The van der Waals surface area contributed by atoms with Gasteiger partial charge >= 0.3 is 0 Å². The molecule has 0 saturated heterocycles. The summed E-state index contributed by atoms with van der Waals surface area (Å²) < 4.78 is 4.47. The zero-order valence-corrected chi connectivity index (χ0v) is 10.2. The monoisotopic (exact) mass is 265 g/mol. The second kappa shape index (κ2) is 3.28. The lowest BCUT2D eigenvalue weighted by atomic mass is 9.99. The van der Waals surface area contributed by atoms with Crippen molar-refractivity contribution in [2.24, 2.45) is 11.8 Å². The summed E-state index contributed by atoms with van der Waals surface area (Å²) in [4.78, 5) is 0. The fraction of sp³-hybridized carbons (Fsp3) is 0.700. The van der Waals surface area contributed by atoms with Gasteiger partial charge < -0.3 is 4.52 Å². The number of halogens is 3. The smallest absolute Gasteiger partial charge is 0.229 e. The molecule has 0 amide bonds. The summed E-state index contributed by atoms with van der Waals surface area (Å²) in [6, 6.07) is 0. The molecule has 1 aromatic heterocycles. The first-order chi connectivity index (χ1) is 7.10. The highest BCUT2D eigenvalue weighted by molar-refractivity contribution is 6.51. The van der Waals surface area contributed by atoms with Crippen LogP contribution in [0, 0.1) is 11.8 Å². The first kappa shape index (κ1) is 10.2. The lowest BCUT2D eigenvalue weighted by Crippen LogP contribution is -2.00. The number of alkyl halides is 2. The van der Waals surface area contributed by atoms with Crippen LogP contribution < -0.4 is 0 Å². The van der Waals surface area contributed by atoms with Crippen LogP contribution in [0.1, 0.15) is 24.1 Å². The molecule has 1 fully saturated rings. The maximum atomic E-state index is 6.20. The highest BCUT2D eigenvalue weighted by Gasteiger charge is 2.62. The fourth-order valence-electron chi connectivity index (χ4n) is 2.60. The Labute approximate surface area is 103 Å². The van der Waals surface area contributed by atoms with E-state index in [1.807, 2.05) is 0 Å². The Kier molecular flexibility index (Phi) is 2.24. The van der Waals surface area contributed by atoms with Crippen molar-refractivity contribution >= 4 is 34.8 Å². The van der Waals surface area contributed by atoms with Gasteiger partial charge in [-0.1, -0.05) is 5.16 Å². The Balaban J connectivity index is 1.86. The van der Waals surface area contributed by atoms with Crippen LogP contribution in [0.5, 0.6) is 0 Å². The third kappa shape index (κ3) is 1.49. The van der Waals surface area contributed by atoms with E-state index in [2.05, 4.69) is 5.16 Å². The molecule has 2 atom stereocenters. The maximum absolute atomic E-state index is 6.20. The molecular formula is C10H10Cl3NO. The molecule has 0 N–H and O–H groups in total. The quantitative estimate of drug-likeness (QED) is 0.670. The number of fused-ring (bicyclic) bond motifs is 2. The van der Waals surface area contributed by atoms with E-state index in [0.717, 1.165) is 36.9 Å². The number of nitrogens with zero attached hydrogens (tertiary/aromatic N) is 1. The minimum Gasteiger partial charge on any atom is -0.344 e. The Morgan fingerprint density at radius 1 is 1.20 bits per heavy atom. The van der Waals surface area contributed by atoms with Gasteiger partial charge in [0, 0.05) is 5.56 Å². The average Bonchev–Trinajstić information content (AvgIpc) is 2.47. The Hall–Kier alpha value is 0.0800. The van der Waals surface area contributed by atoms with Crippen molar-refractivity contribution in [1.82, 2.24) is 5.16 Å². The van der Waals surface area contributed by atoms with E-state index in [9.17, 15) is 0 Å². The fourth-order valence-corrected chi connectivity index (χ4v) is 3.75. The minimum absolute atomic E-state index is 0.417. The molecule has 2 aliphatic carbocycles. The second-order valence-corrected chi connectivity index (χ2v) is 6.13. The third-order valence-corrected chi connectivity index (χ3v) is 5.00. The van der Waals surface area contributed by atoms with Gasteiger partial charge in [-0.15, -0.1) is 23.2 Å². The van der Waals surface area contributed by atoms with E-state index in [0.29, 0.717) is 17.1 Å². The summed E-state index contributed by atoms with van der Waals surface area (Å²) in [5, 5.41) is 4.40. The molecular weight excluding hydrogens is 256 g/mol. The minimum atomic E-state index is -0.507. The van der Waals surface area contributed by atoms with Crippen LogP contribution in [0.15, 0.2) is 4.52 Å². The van der Waals surface area contributed by atoms with Crippen LogP contribution in [0.25, 0.3) is 0 Å². The molecule has 2 nitrogen and oxygen atoms in total. The van der Waals surface area contributed by atoms with E-state index < -0.39 is 4.33 Å². The van der Waals surface area contributed by atoms with Gasteiger partial charge in [-0.2, -0.15) is 0 Å². The molecule has 1 heterocycles. The zero-order chi connectivity index (χ0) is 10.6. The van der Waals surface area contributed by atoms with Crippen LogP contribution in [0.2, 0.25) is 5.22 Å². The predicted molar refractivity (Wildman–Crippen MR) is 59.6 cm³/mol. The number of aryl methyl sites for hydroxylation is 1. The van der Waals surface area contributed by atoms with E-state index in [1.54, 1.807) is 0 Å². The molecule has 5 heteroatoms. The Morgan fingerprint density at radius 3 is 2.60 bits per heavy atom. The molecule has 82 valence electrons. The van der Waals surface area contributed by atoms with Crippen molar-refractivity contribution in [2.75, 3.05) is 0 Å². The van der Waals surface area contributed by atoms with Gasteiger partial charge in [0.05, 0.1) is 5.69 Å². The summed E-state index contributed by atoms with van der Waals surface area (Å²) in [6.07, 6.45) is 3.70. The number of rotatable bonds is 0. The van der Waals surface area contributed by atoms with Crippen molar-refractivity contribution in [3.05, 3.63) is 16.5 Å². The molecule has 0 unspecified atom stereocenters. The molecule has 15 heavy (non-hydrogen) atoms. The van der Waals surface area contributed by atoms with Crippen LogP contribution in [0.4, 0.5) is 0 Å². The van der Waals surface area contributed by atoms with Gasteiger partial charge in [-0.05, 0) is 49.1 Å². The largest absolute Gasteiger partial charge is 0.344 e. The molecule has 3 rings (SSSR count). The van der Waals surface area contributed by atoms with Crippen molar-refractivity contribution < 1.29 is 4.52 Å². The summed E-state index contributed by atoms with van der Waals surface area (Å²) in [7, 11) is 0. The normalized spacial score (nSPS) is 32.5. The van der Waals surface area contributed by atoms with Gasteiger partial charge in [-0.3, -0.25) is 0 Å². The Bertz CT molecular complexity index is 401. The molecule has 0 spiro atoms. The molecule has 0 radical (unpaired) electrons. The summed E-state index contributed by atoms with van der Waals surface area (Å²) in [6.45, 7) is 0. The number of hydrogen-bond acceptors (Lipinski definition) is 2. The average molecular weight is 267 g/mol. The van der Waals surface area contributed by atoms with Gasteiger partial charge in [-0.25, -0.2) is 0 Å². The molecule has 1 aromatic rings. The van der Waals surface area contributed by atoms with E-state index >= 15 is 0 Å². The summed E-state index contributed by atoms with van der Waals surface area (Å²) in [5.41, 5.74) is 2.03.